The first-order valence-corrected chi connectivity index (χ1v) is 20.7. The molecule has 0 saturated carbocycles. The van der Waals surface area contributed by atoms with Crippen molar-refractivity contribution < 1.29 is 0 Å². The summed E-state index contributed by atoms with van der Waals surface area (Å²) in [5.41, 5.74) is 23.3. The number of hydrogen-bond donors (Lipinski definition) is 0. The second-order valence-corrected chi connectivity index (χ2v) is 15.6. The first-order valence-electron chi connectivity index (χ1n) is 20.7. The third-order valence-corrected chi connectivity index (χ3v) is 11.5. The molecule has 0 radical (unpaired) electrons. The Bertz CT molecular complexity index is 3170. The van der Waals surface area contributed by atoms with Gasteiger partial charge >= 0.3 is 0 Å². The molecule has 0 bridgehead atoms. The lowest BCUT2D eigenvalue weighted by Gasteiger charge is -2.17. The predicted octanol–water partition coefficient (Wildman–Crippen LogP) is 13.2. The van der Waals surface area contributed by atoms with E-state index in [1.807, 2.05) is 54.6 Å². The summed E-state index contributed by atoms with van der Waals surface area (Å²) >= 11 is 0. The van der Waals surface area contributed by atoms with Crippen LogP contribution in [-0.4, -0.2) is 29.9 Å². The van der Waals surface area contributed by atoms with E-state index in [1.165, 1.54) is 0 Å². The monoisotopic (exact) mass is 796 g/mol. The largest absolute Gasteiger partial charge is 0.208 e. The summed E-state index contributed by atoms with van der Waals surface area (Å²) in [7, 11) is 0. The van der Waals surface area contributed by atoms with Crippen molar-refractivity contribution in [2.45, 2.75) is 27.7 Å². The molecule has 294 valence electrons. The zero-order valence-corrected chi connectivity index (χ0v) is 34.8. The molecule has 1 aliphatic rings. The SMILES string of the molecule is Cc1ccccc1-c1nc(-c2ccc(C3=C=C=Cc4cccc(-c5ccc(-c6nc(-c7ccccc7C)nc(-c7ccccc7C)n6)cc5)c43)cc2)nc(-c2ccccc2C)n1. The maximum absolute atomic E-state index is 5.03. The molecule has 7 aromatic carbocycles. The Morgan fingerprint density at radius 2 is 0.645 bits per heavy atom. The second-order valence-electron chi connectivity index (χ2n) is 15.6. The molecule has 0 saturated heterocycles. The van der Waals surface area contributed by atoms with E-state index in [0.717, 1.165) is 89.0 Å². The Hall–Kier alpha value is -8.14. The van der Waals surface area contributed by atoms with Crippen LogP contribution in [0.15, 0.2) is 175 Å². The molecule has 6 heteroatoms. The number of hydrogen-bond acceptors (Lipinski definition) is 6. The lowest BCUT2D eigenvalue weighted by molar-refractivity contribution is 1.07. The third-order valence-electron chi connectivity index (χ3n) is 11.5. The topological polar surface area (TPSA) is 77.3 Å². The van der Waals surface area contributed by atoms with Gasteiger partial charge in [-0.2, -0.15) is 0 Å². The average Bonchev–Trinajstić information content (AvgIpc) is 3.31. The Kier molecular flexibility index (Phi) is 9.91. The van der Waals surface area contributed by atoms with Gasteiger partial charge in [0.05, 0.1) is 0 Å². The van der Waals surface area contributed by atoms with E-state index < -0.39 is 0 Å². The van der Waals surface area contributed by atoms with Gasteiger partial charge in [-0.1, -0.05) is 175 Å². The van der Waals surface area contributed by atoms with E-state index in [0.29, 0.717) is 34.9 Å². The summed E-state index contributed by atoms with van der Waals surface area (Å²) in [6, 6.07) is 56.2. The highest BCUT2D eigenvalue weighted by atomic mass is 15.0. The van der Waals surface area contributed by atoms with Crippen molar-refractivity contribution in [3.63, 3.8) is 0 Å². The van der Waals surface area contributed by atoms with Crippen molar-refractivity contribution in [3.05, 3.63) is 214 Å². The summed E-state index contributed by atoms with van der Waals surface area (Å²) < 4.78 is 0. The van der Waals surface area contributed by atoms with Crippen molar-refractivity contribution in [1.29, 1.82) is 0 Å². The molecular formula is C56H40N6. The molecule has 0 spiro atoms. The van der Waals surface area contributed by atoms with E-state index in [9.17, 15) is 0 Å². The molecule has 1 aliphatic carbocycles. The molecule has 0 N–H and O–H groups in total. The minimum Gasteiger partial charge on any atom is -0.208 e. The molecule has 2 aromatic heterocycles. The van der Waals surface area contributed by atoms with Gasteiger partial charge in [0.25, 0.3) is 0 Å². The molecule has 9 aromatic rings. The molecule has 0 amide bonds. The van der Waals surface area contributed by atoms with Gasteiger partial charge in [0.1, 0.15) is 0 Å². The van der Waals surface area contributed by atoms with Gasteiger partial charge in [0.2, 0.25) is 0 Å². The fourth-order valence-electron chi connectivity index (χ4n) is 8.05. The van der Waals surface area contributed by atoms with E-state index >= 15 is 0 Å². The predicted molar refractivity (Wildman–Crippen MR) is 251 cm³/mol. The molecule has 0 fully saturated rings. The zero-order chi connectivity index (χ0) is 42.2. The van der Waals surface area contributed by atoms with Crippen LogP contribution in [0.5, 0.6) is 0 Å². The van der Waals surface area contributed by atoms with E-state index in [2.05, 4.69) is 154 Å². The highest BCUT2D eigenvalue weighted by Crippen LogP contribution is 2.38. The molecular weight excluding hydrogens is 757 g/mol. The summed E-state index contributed by atoms with van der Waals surface area (Å²) in [6.45, 7) is 8.34. The van der Waals surface area contributed by atoms with Crippen molar-refractivity contribution >= 4 is 11.6 Å². The molecule has 0 atom stereocenters. The number of aryl methyl sites for hydroxylation is 4. The zero-order valence-electron chi connectivity index (χ0n) is 34.8. The minimum atomic E-state index is 0.618. The van der Waals surface area contributed by atoms with Crippen LogP contribution in [0, 0.1) is 27.7 Å². The maximum Gasteiger partial charge on any atom is 0.164 e. The maximum atomic E-state index is 5.03. The van der Waals surface area contributed by atoms with Crippen LogP contribution < -0.4 is 0 Å². The fraction of sp³-hybridized carbons (Fsp3) is 0.0714. The third kappa shape index (κ3) is 7.27. The molecule has 2 heterocycles. The van der Waals surface area contributed by atoms with Gasteiger partial charge in [-0.05, 0) is 78.3 Å². The van der Waals surface area contributed by atoms with Crippen LogP contribution in [0.1, 0.15) is 38.9 Å². The minimum absolute atomic E-state index is 0.618. The van der Waals surface area contributed by atoms with Crippen LogP contribution in [0.4, 0.5) is 0 Å². The molecule has 10 rings (SSSR count). The summed E-state index contributed by atoms with van der Waals surface area (Å²) in [5.74, 6) is 3.85. The van der Waals surface area contributed by atoms with Crippen molar-refractivity contribution in [1.82, 2.24) is 29.9 Å². The molecule has 6 nitrogen and oxygen atoms in total. The molecule has 0 aliphatic heterocycles. The summed E-state index contributed by atoms with van der Waals surface area (Å²) in [6.07, 6.45) is 2.00. The highest BCUT2D eigenvalue weighted by Gasteiger charge is 2.20. The van der Waals surface area contributed by atoms with E-state index in [-0.39, 0.29) is 0 Å². The Labute approximate surface area is 361 Å². The van der Waals surface area contributed by atoms with Gasteiger partial charge in [-0.15, -0.1) is 0 Å². The molecule has 62 heavy (non-hydrogen) atoms. The quantitative estimate of drug-likeness (QED) is 0.143. The normalized spacial score (nSPS) is 11.6. The van der Waals surface area contributed by atoms with Gasteiger partial charge < -0.3 is 0 Å². The van der Waals surface area contributed by atoms with E-state index in [1.54, 1.807) is 0 Å². The molecule has 0 unspecified atom stereocenters. The number of nitrogens with zero attached hydrogens (tertiary/aromatic N) is 6. The number of fused-ring (bicyclic) bond motifs is 1. The average molecular weight is 797 g/mol. The van der Waals surface area contributed by atoms with Gasteiger partial charge in [0.15, 0.2) is 34.9 Å². The Morgan fingerprint density at radius 3 is 1.05 bits per heavy atom. The van der Waals surface area contributed by atoms with E-state index in [4.69, 9.17) is 29.9 Å². The van der Waals surface area contributed by atoms with Gasteiger partial charge in [-0.3, -0.25) is 0 Å². The lowest BCUT2D eigenvalue weighted by atomic mass is 9.86. The van der Waals surface area contributed by atoms with Crippen LogP contribution in [0.2, 0.25) is 0 Å². The smallest absolute Gasteiger partial charge is 0.164 e. The van der Waals surface area contributed by atoms with Crippen molar-refractivity contribution in [3.8, 4) is 79.5 Å². The fourth-order valence-corrected chi connectivity index (χ4v) is 8.05. The van der Waals surface area contributed by atoms with Crippen molar-refractivity contribution in [2.24, 2.45) is 0 Å². The highest BCUT2D eigenvalue weighted by molar-refractivity contribution is 5.94. The number of rotatable bonds is 8. The Balaban J connectivity index is 1.01. The lowest BCUT2D eigenvalue weighted by Crippen LogP contribution is -2.02. The van der Waals surface area contributed by atoms with Crippen LogP contribution in [0.25, 0.3) is 91.1 Å². The number of aromatic nitrogens is 6. The van der Waals surface area contributed by atoms with Crippen molar-refractivity contribution in [2.75, 3.05) is 0 Å². The Morgan fingerprint density at radius 1 is 0.306 bits per heavy atom. The van der Waals surface area contributed by atoms with Gasteiger partial charge in [0, 0.05) is 44.5 Å². The van der Waals surface area contributed by atoms with Crippen LogP contribution in [0.3, 0.4) is 0 Å². The van der Waals surface area contributed by atoms with Gasteiger partial charge in [-0.25, -0.2) is 29.9 Å². The van der Waals surface area contributed by atoms with Crippen LogP contribution in [-0.2, 0) is 0 Å². The standard InChI is InChI=1S/C56H40N6/c1-35-15-5-9-21-44(35)53-57-51(58-54(61-53)45-22-10-6-16-36(45)2)42-31-27-39(28-32-42)48-25-13-19-41-20-14-26-49(50(41)48)40-29-33-43(34-30-40)52-59-55(46-23-11-7-17-37(46)3)62-56(60-52)47-24-12-8-18-38(47)4/h5-13,15-25,27-34H,1-4H3. The first kappa shape index (κ1) is 38.1. The second kappa shape index (κ2) is 16.1. The summed E-state index contributed by atoms with van der Waals surface area (Å²) in [4.78, 5) is 30.1. The number of benzene rings is 7. The summed E-state index contributed by atoms with van der Waals surface area (Å²) in [5, 5.41) is 0. The first-order chi connectivity index (χ1) is 30.4. The van der Waals surface area contributed by atoms with Crippen LogP contribution >= 0.6 is 0 Å².